The van der Waals surface area contributed by atoms with Crippen molar-refractivity contribution in [2.24, 2.45) is 0 Å². The van der Waals surface area contributed by atoms with Crippen LogP contribution in [-0.4, -0.2) is 193 Å². The molecule has 3 fully saturated rings. The fraction of sp³-hybridized carbons (Fsp3) is 0.941. The Morgan fingerprint density at radius 1 is 0.500 bits per heavy atom. The third kappa shape index (κ3) is 21.8. The van der Waals surface area contributed by atoms with E-state index >= 15 is 0 Å². The molecule has 0 aliphatic carbocycles. The van der Waals surface area contributed by atoms with Gasteiger partial charge in [-0.05, 0) is 19.3 Å². The smallest absolute Gasteiger partial charge is 0.220 e. The third-order valence-corrected chi connectivity index (χ3v) is 13.8. The maximum absolute atomic E-state index is 13.2. The second-order valence-electron chi connectivity index (χ2n) is 19.7. The van der Waals surface area contributed by atoms with E-state index in [1.165, 1.54) is 103 Å². The Hall–Kier alpha value is -1.47. The van der Waals surface area contributed by atoms with Crippen molar-refractivity contribution in [1.82, 2.24) is 5.32 Å². The minimum Gasteiger partial charge on any atom is -0.394 e. The Morgan fingerprint density at radius 3 is 1.34 bits per heavy atom. The molecule has 70 heavy (non-hydrogen) atoms. The lowest BCUT2D eigenvalue weighted by Crippen LogP contribution is -2.66. The van der Waals surface area contributed by atoms with Gasteiger partial charge in [-0.15, -0.1) is 0 Å². The minimum absolute atomic E-state index is 0.247. The molecule has 412 valence electrons. The van der Waals surface area contributed by atoms with Gasteiger partial charge in [-0.3, -0.25) is 4.79 Å². The lowest BCUT2D eigenvalue weighted by atomic mass is 9.96. The van der Waals surface area contributed by atoms with E-state index in [-0.39, 0.29) is 18.9 Å². The van der Waals surface area contributed by atoms with Gasteiger partial charge in [0.2, 0.25) is 5.91 Å². The average Bonchev–Trinajstić information content (AvgIpc) is 3.35. The number of nitrogens with one attached hydrogen (secondary N) is 1. The fourth-order valence-corrected chi connectivity index (χ4v) is 9.31. The van der Waals surface area contributed by atoms with Crippen molar-refractivity contribution >= 4 is 5.91 Å². The molecule has 3 aliphatic rings. The number of aliphatic hydroxyl groups is 11. The van der Waals surface area contributed by atoms with E-state index in [9.17, 15) is 61.0 Å². The summed E-state index contributed by atoms with van der Waals surface area (Å²) in [4.78, 5) is 13.2. The summed E-state index contributed by atoms with van der Waals surface area (Å²) in [5.41, 5.74) is 0. The van der Waals surface area contributed by atoms with Crippen LogP contribution in [0.5, 0.6) is 0 Å². The van der Waals surface area contributed by atoms with Gasteiger partial charge in [0.1, 0.15) is 73.2 Å². The third-order valence-electron chi connectivity index (χ3n) is 13.8. The van der Waals surface area contributed by atoms with Gasteiger partial charge in [-0.1, -0.05) is 161 Å². The van der Waals surface area contributed by atoms with Gasteiger partial charge in [-0.2, -0.15) is 0 Å². The van der Waals surface area contributed by atoms with E-state index in [1.54, 1.807) is 6.08 Å². The van der Waals surface area contributed by atoms with E-state index in [0.717, 1.165) is 44.9 Å². The van der Waals surface area contributed by atoms with Crippen molar-refractivity contribution in [2.45, 2.75) is 279 Å². The van der Waals surface area contributed by atoms with Crippen LogP contribution in [0.4, 0.5) is 0 Å². The monoisotopic (exact) mass is 1010 g/mol. The second-order valence-corrected chi connectivity index (χ2v) is 19.7. The summed E-state index contributed by atoms with van der Waals surface area (Å²) in [5, 5.41) is 120. The van der Waals surface area contributed by atoms with Crippen molar-refractivity contribution in [3.63, 3.8) is 0 Å². The lowest BCUT2D eigenvalue weighted by Gasteiger charge is -2.48. The summed E-state index contributed by atoms with van der Waals surface area (Å²) < 4.78 is 34.1. The van der Waals surface area contributed by atoms with E-state index in [1.807, 2.05) is 6.08 Å². The van der Waals surface area contributed by atoms with Crippen LogP contribution in [-0.2, 0) is 33.2 Å². The normalized spacial score (nSPS) is 32.6. The lowest BCUT2D eigenvalue weighted by molar-refractivity contribution is -0.379. The van der Waals surface area contributed by atoms with Crippen molar-refractivity contribution in [3.8, 4) is 0 Å². The van der Waals surface area contributed by atoms with Crippen LogP contribution in [0, 0.1) is 0 Å². The molecule has 0 aromatic rings. The zero-order chi connectivity index (χ0) is 51.3. The number of amides is 1. The molecule has 3 rings (SSSR count). The Kier molecular flexibility index (Phi) is 32.7. The summed E-state index contributed by atoms with van der Waals surface area (Å²) in [6, 6.07) is -0.964. The zero-order valence-electron chi connectivity index (χ0n) is 42.3. The molecule has 3 saturated heterocycles. The highest BCUT2D eigenvalue weighted by molar-refractivity contribution is 5.76. The quantitative estimate of drug-likeness (QED) is 0.0313. The highest BCUT2D eigenvalue weighted by Gasteiger charge is 2.53. The molecule has 19 nitrogen and oxygen atoms in total. The Labute approximate surface area is 416 Å². The van der Waals surface area contributed by atoms with Crippen LogP contribution in [0.15, 0.2) is 12.2 Å². The molecule has 17 unspecified atom stereocenters. The maximum Gasteiger partial charge on any atom is 0.220 e. The molecule has 17 atom stereocenters. The molecule has 3 aliphatic heterocycles. The molecular weight excluding hydrogens is 915 g/mol. The van der Waals surface area contributed by atoms with Crippen LogP contribution in [0.25, 0.3) is 0 Å². The van der Waals surface area contributed by atoms with Gasteiger partial charge in [0, 0.05) is 6.42 Å². The first-order valence-corrected chi connectivity index (χ1v) is 26.9. The first-order chi connectivity index (χ1) is 33.8. The van der Waals surface area contributed by atoms with Crippen molar-refractivity contribution < 1.29 is 89.4 Å². The molecular formula is C51H95NO18. The summed E-state index contributed by atoms with van der Waals surface area (Å²) >= 11 is 0. The van der Waals surface area contributed by atoms with E-state index in [4.69, 9.17) is 28.4 Å². The second kappa shape index (κ2) is 36.5. The van der Waals surface area contributed by atoms with Crippen molar-refractivity contribution in [3.05, 3.63) is 12.2 Å². The number of carbonyl (C=O) groups is 1. The maximum atomic E-state index is 13.2. The molecule has 0 aromatic carbocycles. The number of aliphatic hydroxyl groups excluding tert-OH is 11. The summed E-state index contributed by atoms with van der Waals surface area (Å²) in [6.45, 7) is 1.68. The molecule has 0 spiro atoms. The SMILES string of the molecule is CCCCCCCCCCCCCC/C=C/C(O)C(COC1OC(CO)C(OC2OC(CO)C(OC3OC(CO)C(O)C(O)C3O)C(O)C2O)C(O)C1O)NC(=O)CCCCCCCCCCCCC. The summed E-state index contributed by atoms with van der Waals surface area (Å²) in [6.07, 6.45) is 4.96. The predicted octanol–water partition coefficient (Wildman–Crippen LogP) is 2.65. The van der Waals surface area contributed by atoms with Gasteiger partial charge < -0.3 is 89.9 Å². The largest absolute Gasteiger partial charge is 0.394 e. The Morgan fingerprint density at radius 2 is 0.886 bits per heavy atom. The van der Waals surface area contributed by atoms with Crippen LogP contribution < -0.4 is 5.32 Å². The number of carbonyl (C=O) groups excluding carboxylic acids is 1. The van der Waals surface area contributed by atoms with Crippen LogP contribution in [0.3, 0.4) is 0 Å². The van der Waals surface area contributed by atoms with E-state index in [2.05, 4.69) is 19.2 Å². The Bertz CT molecular complexity index is 1350. The van der Waals surface area contributed by atoms with Crippen molar-refractivity contribution in [2.75, 3.05) is 26.4 Å². The summed E-state index contributed by atoms with van der Waals surface area (Å²) in [7, 11) is 0. The molecule has 12 N–H and O–H groups in total. The first kappa shape index (κ1) is 62.8. The first-order valence-electron chi connectivity index (χ1n) is 26.9. The number of ether oxygens (including phenoxy) is 6. The molecule has 1 amide bonds. The van der Waals surface area contributed by atoms with Crippen molar-refractivity contribution in [1.29, 1.82) is 0 Å². The number of hydrogen-bond donors (Lipinski definition) is 12. The molecule has 0 aromatic heterocycles. The van der Waals surface area contributed by atoms with E-state index in [0.29, 0.717) is 6.42 Å². The van der Waals surface area contributed by atoms with Crippen LogP contribution in [0.2, 0.25) is 0 Å². The minimum atomic E-state index is -1.97. The van der Waals surface area contributed by atoms with Gasteiger partial charge in [-0.25, -0.2) is 0 Å². The molecule has 0 radical (unpaired) electrons. The standard InChI is InChI=1S/C51H95NO18/c1-3-5-7-9-11-13-15-16-17-19-20-22-24-26-28-35(56)34(52-39(57)29-27-25-23-21-18-14-12-10-8-6-4-2)33-65-49-45(63)42(60)47(37(31-54)67-49)70-51-46(64)43(61)48(38(32-55)68-51)69-50-44(62)41(59)40(58)36(30-53)66-50/h26,28,34-38,40-51,53-56,58-64H,3-25,27,29-33H2,1-2H3,(H,52,57)/b28-26+. The molecule has 3 heterocycles. The van der Waals surface area contributed by atoms with Gasteiger partial charge in [0.05, 0.1) is 38.6 Å². The molecule has 0 bridgehead atoms. The zero-order valence-corrected chi connectivity index (χ0v) is 42.3. The molecule has 0 saturated carbocycles. The predicted molar refractivity (Wildman–Crippen MR) is 259 cm³/mol. The number of rotatable bonds is 38. The van der Waals surface area contributed by atoms with Crippen LogP contribution in [0.1, 0.15) is 174 Å². The highest BCUT2D eigenvalue weighted by Crippen LogP contribution is 2.33. The highest BCUT2D eigenvalue weighted by atomic mass is 16.8. The number of unbranched alkanes of at least 4 members (excludes halogenated alkanes) is 22. The fourth-order valence-electron chi connectivity index (χ4n) is 9.31. The van der Waals surface area contributed by atoms with Gasteiger partial charge >= 0.3 is 0 Å². The topological polar surface area (TPSA) is 307 Å². The number of allylic oxidation sites excluding steroid dienone is 1. The van der Waals surface area contributed by atoms with Gasteiger partial charge in [0.25, 0.3) is 0 Å². The van der Waals surface area contributed by atoms with E-state index < -0.39 is 124 Å². The van der Waals surface area contributed by atoms with Gasteiger partial charge in [0.15, 0.2) is 18.9 Å². The Balaban J connectivity index is 1.56. The summed E-state index contributed by atoms with van der Waals surface area (Å²) in [5.74, 6) is -0.278. The van der Waals surface area contributed by atoms with Crippen LogP contribution >= 0.6 is 0 Å². The molecule has 19 heteroatoms. The number of hydrogen-bond acceptors (Lipinski definition) is 18. The average molecular weight is 1010 g/mol.